The fourth-order valence-corrected chi connectivity index (χ4v) is 2.50. The first-order valence-corrected chi connectivity index (χ1v) is 6.09. The maximum atomic E-state index is 6.00. The fraction of sp³-hybridized carbons (Fsp3) is 0.0625. The van der Waals surface area contributed by atoms with Crippen LogP contribution in [0.15, 0.2) is 65.2 Å². The second-order valence-corrected chi connectivity index (χ2v) is 4.55. The van der Waals surface area contributed by atoms with Crippen molar-refractivity contribution in [2.24, 2.45) is 0 Å². The molecule has 0 spiro atoms. The van der Waals surface area contributed by atoms with Crippen molar-refractivity contribution in [2.45, 2.75) is 6.54 Å². The Morgan fingerprint density at radius 2 is 1.67 bits per heavy atom. The molecule has 0 atom stereocenters. The van der Waals surface area contributed by atoms with Gasteiger partial charge in [-0.15, -0.1) is 0 Å². The van der Waals surface area contributed by atoms with Crippen LogP contribution >= 0.6 is 0 Å². The number of rotatable bonds is 1. The molecular weight excluding hydrogens is 222 g/mol. The van der Waals surface area contributed by atoms with Gasteiger partial charge in [0.05, 0.1) is 5.56 Å². The van der Waals surface area contributed by atoms with Gasteiger partial charge in [-0.2, -0.15) is 4.57 Å². The highest BCUT2D eigenvalue weighted by Crippen LogP contribution is 2.30. The van der Waals surface area contributed by atoms with E-state index < -0.39 is 0 Å². The third-order valence-electron chi connectivity index (χ3n) is 3.39. The van der Waals surface area contributed by atoms with Crippen LogP contribution < -0.4 is 4.57 Å². The van der Waals surface area contributed by atoms with Gasteiger partial charge in [0, 0.05) is 11.1 Å². The van der Waals surface area contributed by atoms with Crippen LogP contribution in [0.5, 0.6) is 0 Å². The molecule has 3 aromatic rings. The lowest BCUT2D eigenvalue weighted by atomic mass is 10.1. The summed E-state index contributed by atoms with van der Waals surface area (Å²) in [5.74, 6) is 1.89. The third-order valence-corrected chi connectivity index (χ3v) is 3.39. The summed E-state index contributed by atoms with van der Waals surface area (Å²) in [5.41, 5.74) is 3.66. The number of oxazole rings is 1. The third kappa shape index (κ3) is 1.32. The van der Waals surface area contributed by atoms with E-state index in [1.54, 1.807) is 0 Å². The van der Waals surface area contributed by atoms with Gasteiger partial charge in [-0.25, -0.2) is 0 Å². The molecule has 0 saturated carbocycles. The van der Waals surface area contributed by atoms with E-state index in [1.807, 2.05) is 18.2 Å². The van der Waals surface area contributed by atoms with Crippen molar-refractivity contribution >= 4 is 0 Å². The standard InChI is InChI=1S/C16H12NO/c1-2-6-12(7-3-1)15-11-17-10-13-8-4-5-9-14(13)16(17)18-15/h1-9,11H,10H2/q+1. The van der Waals surface area contributed by atoms with Crippen molar-refractivity contribution in [3.05, 3.63) is 66.4 Å². The first kappa shape index (κ1) is 9.66. The first-order chi connectivity index (χ1) is 8.92. The zero-order valence-electron chi connectivity index (χ0n) is 9.84. The van der Waals surface area contributed by atoms with E-state index >= 15 is 0 Å². The normalized spacial score (nSPS) is 12.2. The Morgan fingerprint density at radius 1 is 0.889 bits per heavy atom. The largest absolute Gasteiger partial charge is 0.398 e. The van der Waals surface area contributed by atoms with Crippen molar-refractivity contribution in [1.82, 2.24) is 0 Å². The number of benzene rings is 2. The Bertz CT molecular complexity index is 713. The van der Waals surface area contributed by atoms with Gasteiger partial charge in [0.1, 0.15) is 0 Å². The molecule has 0 radical (unpaired) electrons. The van der Waals surface area contributed by atoms with Gasteiger partial charge in [-0.05, 0) is 6.07 Å². The smallest absolute Gasteiger partial charge is 0.381 e. The molecule has 0 saturated heterocycles. The maximum absolute atomic E-state index is 6.00. The van der Waals surface area contributed by atoms with Crippen LogP contribution in [0.4, 0.5) is 0 Å². The molecule has 0 bridgehead atoms. The minimum atomic E-state index is 0.905. The van der Waals surface area contributed by atoms with E-state index in [0.29, 0.717) is 0 Å². The van der Waals surface area contributed by atoms with Crippen molar-refractivity contribution in [3.63, 3.8) is 0 Å². The molecule has 0 aliphatic carbocycles. The molecule has 4 rings (SSSR count). The predicted molar refractivity (Wildman–Crippen MR) is 68.9 cm³/mol. The Labute approximate surface area is 105 Å². The molecule has 2 heterocycles. The van der Waals surface area contributed by atoms with Gasteiger partial charge in [0.2, 0.25) is 12.0 Å². The average Bonchev–Trinajstić information content (AvgIpc) is 2.97. The molecule has 0 fully saturated rings. The van der Waals surface area contributed by atoms with Gasteiger partial charge in [0.25, 0.3) is 0 Å². The van der Waals surface area contributed by atoms with Crippen LogP contribution in [0.2, 0.25) is 0 Å². The molecule has 0 unspecified atom stereocenters. The molecule has 2 heteroatoms. The summed E-state index contributed by atoms with van der Waals surface area (Å²) in [5, 5.41) is 0. The topological polar surface area (TPSA) is 17.0 Å². The summed E-state index contributed by atoms with van der Waals surface area (Å²) >= 11 is 0. The molecule has 86 valence electrons. The van der Waals surface area contributed by atoms with Gasteiger partial charge in [-0.1, -0.05) is 48.5 Å². The number of hydrogen-bond acceptors (Lipinski definition) is 1. The Kier molecular flexibility index (Phi) is 1.92. The summed E-state index contributed by atoms with van der Waals surface area (Å²) in [7, 11) is 0. The summed E-state index contributed by atoms with van der Waals surface area (Å²) in [4.78, 5) is 0. The van der Waals surface area contributed by atoms with E-state index in [0.717, 1.165) is 23.8 Å². The first-order valence-electron chi connectivity index (χ1n) is 6.09. The van der Waals surface area contributed by atoms with Crippen LogP contribution in [0.25, 0.3) is 22.8 Å². The van der Waals surface area contributed by atoms with Crippen LogP contribution in [0.3, 0.4) is 0 Å². The summed E-state index contributed by atoms with van der Waals surface area (Å²) < 4.78 is 8.18. The second-order valence-electron chi connectivity index (χ2n) is 4.55. The minimum absolute atomic E-state index is 0.905. The lowest BCUT2D eigenvalue weighted by molar-refractivity contribution is -0.673. The second kappa shape index (κ2) is 3.57. The van der Waals surface area contributed by atoms with Crippen LogP contribution in [-0.2, 0) is 6.54 Å². The number of aromatic nitrogens is 1. The van der Waals surface area contributed by atoms with E-state index in [9.17, 15) is 0 Å². The minimum Gasteiger partial charge on any atom is -0.398 e. The van der Waals surface area contributed by atoms with Crippen LogP contribution in [0, 0.1) is 0 Å². The zero-order valence-corrected chi connectivity index (χ0v) is 9.84. The molecule has 1 aliphatic heterocycles. The lowest BCUT2D eigenvalue weighted by Gasteiger charge is -1.93. The fourth-order valence-electron chi connectivity index (χ4n) is 2.50. The van der Waals surface area contributed by atoms with Crippen molar-refractivity contribution in [3.8, 4) is 22.8 Å². The van der Waals surface area contributed by atoms with Crippen molar-refractivity contribution < 1.29 is 8.98 Å². The highest BCUT2D eigenvalue weighted by atomic mass is 16.4. The summed E-state index contributed by atoms with van der Waals surface area (Å²) in [6.07, 6.45) is 2.09. The molecular formula is C16H12NO+. The maximum Gasteiger partial charge on any atom is 0.381 e. The summed E-state index contributed by atoms with van der Waals surface area (Å²) in [6, 6.07) is 18.6. The Hall–Kier alpha value is -2.35. The van der Waals surface area contributed by atoms with Crippen molar-refractivity contribution in [1.29, 1.82) is 0 Å². The van der Waals surface area contributed by atoms with E-state index in [4.69, 9.17) is 4.42 Å². The van der Waals surface area contributed by atoms with E-state index in [-0.39, 0.29) is 0 Å². The van der Waals surface area contributed by atoms with Gasteiger partial charge < -0.3 is 4.42 Å². The molecule has 2 aromatic carbocycles. The monoisotopic (exact) mass is 234 g/mol. The van der Waals surface area contributed by atoms with E-state index in [2.05, 4.69) is 47.2 Å². The zero-order chi connectivity index (χ0) is 11.9. The molecule has 18 heavy (non-hydrogen) atoms. The number of fused-ring (bicyclic) bond motifs is 3. The lowest BCUT2D eigenvalue weighted by Crippen LogP contribution is -2.28. The van der Waals surface area contributed by atoms with Gasteiger partial charge in [-0.3, -0.25) is 0 Å². The molecule has 0 N–H and O–H groups in total. The summed E-state index contributed by atoms with van der Waals surface area (Å²) in [6.45, 7) is 0.905. The molecule has 0 amide bonds. The highest BCUT2D eigenvalue weighted by Gasteiger charge is 2.31. The Balaban J connectivity index is 1.86. The van der Waals surface area contributed by atoms with E-state index in [1.165, 1.54) is 11.1 Å². The Morgan fingerprint density at radius 3 is 2.56 bits per heavy atom. The van der Waals surface area contributed by atoms with Gasteiger partial charge >= 0.3 is 5.89 Å². The van der Waals surface area contributed by atoms with Crippen LogP contribution in [0.1, 0.15) is 5.56 Å². The molecule has 2 nitrogen and oxygen atoms in total. The molecule has 1 aromatic heterocycles. The SMILES string of the molecule is c1ccc(-c2c[n+]3c(o2)-c2ccccc2C3)cc1. The highest BCUT2D eigenvalue weighted by molar-refractivity contribution is 5.62. The predicted octanol–water partition coefficient (Wildman–Crippen LogP) is 3.26. The van der Waals surface area contributed by atoms with Gasteiger partial charge in [0.15, 0.2) is 6.54 Å². The number of hydrogen-bond donors (Lipinski definition) is 0. The molecule has 1 aliphatic rings. The average molecular weight is 234 g/mol. The quantitative estimate of drug-likeness (QED) is 0.462. The number of nitrogens with zero attached hydrogens (tertiary/aromatic N) is 1. The van der Waals surface area contributed by atoms with Crippen molar-refractivity contribution in [2.75, 3.05) is 0 Å². The van der Waals surface area contributed by atoms with Crippen LogP contribution in [-0.4, -0.2) is 0 Å².